The standard InChI is InChI=1S/C26H30ClN5O4/c1-14-29-25(36-31-14)20-10-19(20)24(34)30-23-9-16-7-18(21(27)8-17(16)11-28-23)15-3-5-32(6-4-15)26(2)13-35-12-22(26)33/h7-9,11,15,19-20,22,33H,3-6,10,12-13H2,1-2H3,(H,28,30,34)/t19-,20-,22+,26-/m0/s1. The van der Waals surface area contributed by atoms with Crippen LogP contribution in [0.4, 0.5) is 5.82 Å². The fraction of sp³-hybridized carbons (Fsp3) is 0.538. The quantitative estimate of drug-likeness (QED) is 0.533. The van der Waals surface area contributed by atoms with Gasteiger partial charge in [0.2, 0.25) is 11.8 Å². The normalized spacial score (nSPS) is 29.1. The minimum atomic E-state index is -0.457. The Hall–Kier alpha value is -2.59. The van der Waals surface area contributed by atoms with Gasteiger partial charge in [0.25, 0.3) is 0 Å². The van der Waals surface area contributed by atoms with E-state index in [0.717, 1.165) is 47.3 Å². The zero-order chi connectivity index (χ0) is 25.0. The predicted molar refractivity (Wildman–Crippen MR) is 134 cm³/mol. The van der Waals surface area contributed by atoms with Gasteiger partial charge in [-0.05, 0) is 81.3 Å². The highest BCUT2D eigenvalue weighted by molar-refractivity contribution is 6.32. The second-order valence-corrected chi connectivity index (χ2v) is 11.0. The molecule has 2 saturated heterocycles. The van der Waals surface area contributed by atoms with Crippen LogP contribution in [0.2, 0.25) is 5.02 Å². The van der Waals surface area contributed by atoms with Crippen molar-refractivity contribution in [2.75, 3.05) is 31.6 Å². The molecule has 2 aliphatic heterocycles. The average molecular weight is 512 g/mol. The smallest absolute Gasteiger partial charge is 0.230 e. The van der Waals surface area contributed by atoms with E-state index in [2.05, 4.69) is 38.3 Å². The Kier molecular flexibility index (Phi) is 5.99. The number of aliphatic hydroxyl groups is 1. The van der Waals surface area contributed by atoms with Crippen LogP contribution >= 0.6 is 11.6 Å². The molecule has 3 aliphatic rings. The van der Waals surface area contributed by atoms with Gasteiger partial charge in [0.1, 0.15) is 5.82 Å². The van der Waals surface area contributed by atoms with Crippen LogP contribution in [0.15, 0.2) is 28.9 Å². The molecular formula is C26H30ClN5O4. The van der Waals surface area contributed by atoms with E-state index < -0.39 is 6.10 Å². The summed E-state index contributed by atoms with van der Waals surface area (Å²) in [6.45, 7) is 6.59. The summed E-state index contributed by atoms with van der Waals surface area (Å²) in [4.78, 5) is 23.8. The Balaban J connectivity index is 1.15. The number of aliphatic hydroxyl groups excluding tert-OH is 1. The first kappa shape index (κ1) is 23.8. The molecule has 36 heavy (non-hydrogen) atoms. The van der Waals surface area contributed by atoms with Crippen LogP contribution in [-0.4, -0.2) is 69.0 Å². The van der Waals surface area contributed by atoms with Gasteiger partial charge in [0.05, 0.1) is 36.7 Å². The van der Waals surface area contributed by atoms with Crippen molar-refractivity contribution in [1.82, 2.24) is 20.0 Å². The summed E-state index contributed by atoms with van der Waals surface area (Å²) in [7, 11) is 0. The maximum Gasteiger partial charge on any atom is 0.230 e. The van der Waals surface area contributed by atoms with Crippen LogP contribution < -0.4 is 5.32 Å². The molecule has 4 heterocycles. The van der Waals surface area contributed by atoms with Crippen LogP contribution in [0.3, 0.4) is 0 Å². The summed E-state index contributed by atoms with van der Waals surface area (Å²) in [6, 6.07) is 6.00. The Morgan fingerprint density at radius 1 is 1.25 bits per heavy atom. The molecule has 1 aromatic carbocycles. The van der Waals surface area contributed by atoms with Crippen molar-refractivity contribution < 1.29 is 19.2 Å². The van der Waals surface area contributed by atoms with Crippen molar-refractivity contribution in [3.8, 4) is 0 Å². The first-order chi connectivity index (χ1) is 17.3. The molecule has 1 aliphatic carbocycles. The Morgan fingerprint density at radius 2 is 2.06 bits per heavy atom. The van der Waals surface area contributed by atoms with Gasteiger partial charge in [-0.15, -0.1) is 0 Å². The number of nitrogens with zero attached hydrogens (tertiary/aromatic N) is 4. The number of ether oxygens (including phenoxy) is 1. The zero-order valence-corrected chi connectivity index (χ0v) is 21.2. The van der Waals surface area contributed by atoms with E-state index in [1.54, 1.807) is 13.1 Å². The second-order valence-electron chi connectivity index (χ2n) is 10.6. The lowest BCUT2D eigenvalue weighted by Crippen LogP contribution is -2.56. The molecule has 6 rings (SSSR count). The highest BCUT2D eigenvalue weighted by atomic mass is 35.5. The summed E-state index contributed by atoms with van der Waals surface area (Å²) in [5.74, 6) is 1.65. The van der Waals surface area contributed by atoms with Crippen LogP contribution in [0.25, 0.3) is 10.8 Å². The lowest BCUT2D eigenvalue weighted by atomic mass is 9.85. The van der Waals surface area contributed by atoms with E-state index in [4.69, 9.17) is 20.9 Å². The third-order valence-electron chi connectivity index (χ3n) is 8.12. The number of hydrogen-bond donors (Lipinski definition) is 2. The number of aromatic nitrogens is 3. The monoisotopic (exact) mass is 511 g/mol. The van der Waals surface area contributed by atoms with Gasteiger partial charge in [-0.25, -0.2) is 4.98 Å². The third kappa shape index (κ3) is 4.28. The minimum Gasteiger partial charge on any atom is -0.389 e. The summed E-state index contributed by atoms with van der Waals surface area (Å²) in [5.41, 5.74) is 0.800. The molecule has 10 heteroatoms. The lowest BCUT2D eigenvalue weighted by molar-refractivity contribution is -0.117. The van der Waals surface area contributed by atoms with Crippen molar-refractivity contribution in [2.24, 2.45) is 5.92 Å². The minimum absolute atomic E-state index is 0.0258. The fourth-order valence-corrected chi connectivity index (χ4v) is 5.99. The van der Waals surface area contributed by atoms with Crippen molar-refractivity contribution in [3.05, 3.63) is 46.7 Å². The van der Waals surface area contributed by atoms with Gasteiger partial charge in [0.15, 0.2) is 5.82 Å². The van der Waals surface area contributed by atoms with E-state index in [1.165, 1.54) is 0 Å². The largest absolute Gasteiger partial charge is 0.389 e. The first-order valence-corrected chi connectivity index (χ1v) is 12.9. The van der Waals surface area contributed by atoms with Gasteiger partial charge in [-0.1, -0.05) is 16.8 Å². The third-order valence-corrected chi connectivity index (χ3v) is 8.45. The summed E-state index contributed by atoms with van der Waals surface area (Å²) in [5, 5.41) is 19.8. The molecule has 3 aromatic rings. The number of anilines is 1. The predicted octanol–water partition coefficient (Wildman–Crippen LogP) is 3.65. The molecule has 2 N–H and O–H groups in total. The highest BCUT2D eigenvalue weighted by Crippen LogP contribution is 2.47. The number of pyridine rings is 1. The van der Waals surface area contributed by atoms with Crippen LogP contribution in [0.5, 0.6) is 0 Å². The number of benzene rings is 1. The zero-order valence-electron chi connectivity index (χ0n) is 20.4. The fourth-order valence-electron chi connectivity index (χ4n) is 5.66. The van der Waals surface area contributed by atoms with Gasteiger partial charge in [-0.2, -0.15) is 4.98 Å². The number of carbonyl (C=O) groups is 1. The van der Waals surface area contributed by atoms with Crippen LogP contribution in [0.1, 0.15) is 55.3 Å². The number of aryl methyl sites for hydroxylation is 1. The van der Waals surface area contributed by atoms with Crippen LogP contribution in [0, 0.1) is 12.8 Å². The number of carbonyl (C=O) groups excluding carboxylic acids is 1. The molecular weight excluding hydrogens is 482 g/mol. The van der Waals surface area contributed by atoms with E-state index in [-0.39, 0.29) is 23.3 Å². The molecule has 2 aromatic heterocycles. The number of fused-ring (bicyclic) bond motifs is 1. The molecule has 0 radical (unpaired) electrons. The van der Waals surface area contributed by atoms with Crippen molar-refractivity contribution in [2.45, 2.75) is 56.6 Å². The molecule has 3 fully saturated rings. The van der Waals surface area contributed by atoms with E-state index in [1.807, 2.05) is 12.1 Å². The number of amides is 1. The average Bonchev–Trinajstić information content (AvgIpc) is 3.44. The number of hydrogen-bond acceptors (Lipinski definition) is 8. The Labute approximate surface area is 214 Å². The molecule has 9 nitrogen and oxygen atoms in total. The van der Waals surface area contributed by atoms with Crippen molar-refractivity contribution in [3.63, 3.8) is 0 Å². The number of rotatable bonds is 5. The second kappa shape index (κ2) is 9.06. The number of halogens is 1. The summed E-state index contributed by atoms with van der Waals surface area (Å²) < 4.78 is 10.7. The van der Waals surface area contributed by atoms with E-state index >= 15 is 0 Å². The summed E-state index contributed by atoms with van der Waals surface area (Å²) in [6.07, 6.45) is 3.90. The molecule has 190 valence electrons. The molecule has 1 amide bonds. The van der Waals surface area contributed by atoms with Crippen molar-refractivity contribution >= 4 is 34.1 Å². The number of likely N-dealkylation sites (tertiary alicyclic amines) is 1. The van der Waals surface area contributed by atoms with Gasteiger partial charge in [-0.3, -0.25) is 9.69 Å². The van der Waals surface area contributed by atoms with E-state index in [9.17, 15) is 9.90 Å². The number of nitrogens with one attached hydrogen (secondary N) is 1. The van der Waals surface area contributed by atoms with Gasteiger partial charge >= 0.3 is 0 Å². The SMILES string of the molecule is Cc1noc([C@H]2C[C@@H]2C(=O)Nc2cc3cc(C4CCN([C@@]5(C)COC[C@H]5O)CC4)c(Cl)cc3cn2)n1. The van der Waals surface area contributed by atoms with Crippen LogP contribution in [-0.2, 0) is 9.53 Å². The topological polar surface area (TPSA) is 114 Å². The van der Waals surface area contributed by atoms with E-state index in [0.29, 0.717) is 43.1 Å². The van der Waals surface area contributed by atoms with Crippen molar-refractivity contribution in [1.29, 1.82) is 0 Å². The molecule has 1 saturated carbocycles. The maximum atomic E-state index is 12.8. The first-order valence-electron chi connectivity index (χ1n) is 12.5. The maximum absolute atomic E-state index is 12.8. The molecule has 0 spiro atoms. The summed E-state index contributed by atoms with van der Waals surface area (Å²) >= 11 is 6.71. The van der Waals surface area contributed by atoms with Gasteiger partial charge in [0, 0.05) is 16.6 Å². The number of piperidine rings is 1. The Morgan fingerprint density at radius 3 is 2.75 bits per heavy atom. The Bertz CT molecular complexity index is 1310. The molecule has 0 bridgehead atoms. The molecule has 0 unspecified atom stereocenters. The molecule has 4 atom stereocenters. The van der Waals surface area contributed by atoms with Gasteiger partial charge < -0.3 is 19.7 Å². The highest BCUT2D eigenvalue weighted by Gasteiger charge is 2.48. The lowest BCUT2D eigenvalue weighted by Gasteiger charge is -2.43.